The van der Waals surface area contributed by atoms with Gasteiger partial charge in [0.15, 0.2) is 0 Å². The van der Waals surface area contributed by atoms with Gasteiger partial charge in [-0.15, -0.1) is 0 Å². The summed E-state index contributed by atoms with van der Waals surface area (Å²) in [6.07, 6.45) is -0.226. The van der Waals surface area contributed by atoms with Crippen molar-refractivity contribution >= 4 is 11.9 Å². The summed E-state index contributed by atoms with van der Waals surface area (Å²) in [4.78, 5) is 21.6. The summed E-state index contributed by atoms with van der Waals surface area (Å²) < 4.78 is 4.95. The van der Waals surface area contributed by atoms with Crippen molar-refractivity contribution in [3.05, 3.63) is 0 Å². The van der Waals surface area contributed by atoms with E-state index in [1.165, 1.54) is 7.05 Å². The van der Waals surface area contributed by atoms with Crippen LogP contribution in [0.5, 0.6) is 0 Å². The summed E-state index contributed by atoms with van der Waals surface area (Å²) in [5, 5.41) is 12.9. The number of rotatable bonds is 4. The molecule has 1 N–H and O–H groups in total. The Balaban J connectivity index is 4.11. The summed E-state index contributed by atoms with van der Waals surface area (Å²) >= 11 is 0. The van der Waals surface area contributed by atoms with Crippen molar-refractivity contribution in [1.82, 2.24) is 5.32 Å². The summed E-state index contributed by atoms with van der Waals surface area (Å²) in [6, 6.07) is -0.996. The maximum atomic E-state index is 11.2. The van der Waals surface area contributed by atoms with Gasteiger partial charge in [-0.05, 0) is 27.8 Å². The monoisotopic (exact) mass is 202 g/mol. The molecule has 0 radical (unpaired) electrons. The predicted molar refractivity (Wildman–Crippen MR) is 48.3 cm³/mol. The molecular weight excluding hydrogens is 186 g/mol. The summed E-state index contributed by atoms with van der Waals surface area (Å²) in [6.45, 7) is 5.16. The summed E-state index contributed by atoms with van der Waals surface area (Å²) in [7, 11) is 1.45. The van der Waals surface area contributed by atoms with E-state index in [0.29, 0.717) is 0 Å². The molecule has 0 aromatic rings. The van der Waals surface area contributed by atoms with E-state index in [1.54, 1.807) is 20.8 Å². The molecule has 82 valence electrons. The zero-order valence-corrected chi connectivity index (χ0v) is 8.92. The lowest BCUT2D eigenvalue weighted by molar-refractivity contribution is -0.308. The highest BCUT2D eigenvalue weighted by atomic mass is 16.6. The molecule has 0 amide bonds. The number of likely N-dealkylation sites (N-methyl/N-ethyl adjacent to an activating group) is 1. The molecule has 0 bridgehead atoms. The standard InChI is InChI=1S/C9H17NO4/c1-9(2,3)14-7(11)5-6(10-4)8(12)13/h6,10H,5H2,1-4H3,(H,12,13)/p-1/t6-/m0/s1. The molecule has 5 heteroatoms. The van der Waals surface area contributed by atoms with Gasteiger partial charge in [-0.3, -0.25) is 4.79 Å². The average Bonchev–Trinajstić information content (AvgIpc) is 1.96. The third-order valence-corrected chi connectivity index (χ3v) is 1.42. The molecule has 0 aromatic carbocycles. The lowest BCUT2D eigenvalue weighted by atomic mass is 10.1. The highest BCUT2D eigenvalue weighted by Crippen LogP contribution is 2.08. The predicted octanol–water partition coefficient (Wildman–Crippen LogP) is -0.944. The number of carbonyl (C=O) groups excluding carboxylic acids is 2. The van der Waals surface area contributed by atoms with Crippen LogP contribution in [0.25, 0.3) is 0 Å². The average molecular weight is 202 g/mol. The zero-order valence-electron chi connectivity index (χ0n) is 8.92. The molecule has 0 spiro atoms. The smallest absolute Gasteiger partial charge is 0.308 e. The molecule has 0 aliphatic heterocycles. The number of carbonyl (C=O) groups is 2. The van der Waals surface area contributed by atoms with Gasteiger partial charge in [0.1, 0.15) is 5.60 Å². The van der Waals surface area contributed by atoms with E-state index in [9.17, 15) is 14.7 Å². The zero-order chi connectivity index (χ0) is 11.4. The van der Waals surface area contributed by atoms with Crippen LogP contribution < -0.4 is 10.4 Å². The Morgan fingerprint density at radius 1 is 1.43 bits per heavy atom. The normalized spacial score (nSPS) is 13.4. The lowest BCUT2D eigenvalue weighted by Gasteiger charge is -2.22. The van der Waals surface area contributed by atoms with Gasteiger partial charge in [-0.2, -0.15) is 0 Å². The fraction of sp³-hybridized carbons (Fsp3) is 0.778. The minimum atomic E-state index is -1.31. The molecule has 0 aliphatic rings. The number of aliphatic carboxylic acids is 1. The van der Waals surface area contributed by atoms with Gasteiger partial charge >= 0.3 is 5.97 Å². The molecule has 0 unspecified atom stereocenters. The Morgan fingerprint density at radius 2 is 1.93 bits per heavy atom. The van der Waals surface area contributed by atoms with Crippen LogP contribution in [0, 0.1) is 0 Å². The molecule has 0 rings (SSSR count). The molecule has 0 aromatic heterocycles. The second kappa shape index (κ2) is 4.95. The maximum absolute atomic E-state index is 11.2. The van der Waals surface area contributed by atoms with Gasteiger partial charge in [0.2, 0.25) is 0 Å². The molecule has 14 heavy (non-hydrogen) atoms. The fourth-order valence-electron chi connectivity index (χ4n) is 0.853. The van der Waals surface area contributed by atoms with Crippen molar-refractivity contribution in [3.8, 4) is 0 Å². The number of ether oxygens (including phenoxy) is 1. The number of carboxylic acids is 1. The molecule has 0 heterocycles. The second-order valence-corrected chi connectivity index (χ2v) is 3.95. The molecule has 1 atom stereocenters. The number of hydrogen-bond acceptors (Lipinski definition) is 5. The number of nitrogens with one attached hydrogen (secondary N) is 1. The molecule has 0 saturated carbocycles. The van der Waals surface area contributed by atoms with Crippen LogP contribution in [-0.4, -0.2) is 30.6 Å². The van der Waals surface area contributed by atoms with Gasteiger partial charge in [-0.1, -0.05) is 0 Å². The molecule has 0 aliphatic carbocycles. The van der Waals surface area contributed by atoms with Crippen molar-refractivity contribution in [1.29, 1.82) is 0 Å². The third kappa shape index (κ3) is 5.53. The first-order valence-electron chi connectivity index (χ1n) is 4.36. The van der Waals surface area contributed by atoms with Crippen LogP contribution in [0.1, 0.15) is 27.2 Å². The van der Waals surface area contributed by atoms with Crippen LogP contribution in [0.3, 0.4) is 0 Å². The first kappa shape index (κ1) is 12.9. The van der Waals surface area contributed by atoms with E-state index >= 15 is 0 Å². The van der Waals surface area contributed by atoms with Gasteiger partial charge in [0.25, 0.3) is 0 Å². The van der Waals surface area contributed by atoms with E-state index < -0.39 is 23.6 Å². The van der Waals surface area contributed by atoms with E-state index in [2.05, 4.69) is 5.32 Å². The van der Waals surface area contributed by atoms with Crippen LogP contribution in [0.4, 0.5) is 0 Å². The Kier molecular flexibility index (Phi) is 4.56. The number of esters is 1. The minimum Gasteiger partial charge on any atom is -0.548 e. The van der Waals surface area contributed by atoms with E-state index in [1.807, 2.05) is 0 Å². The Bertz CT molecular complexity index is 219. The molecule has 0 saturated heterocycles. The van der Waals surface area contributed by atoms with Crippen molar-refractivity contribution in [3.63, 3.8) is 0 Å². The first-order chi connectivity index (χ1) is 6.26. The van der Waals surface area contributed by atoms with Crippen molar-refractivity contribution in [2.24, 2.45) is 0 Å². The third-order valence-electron chi connectivity index (χ3n) is 1.42. The SMILES string of the molecule is CN[C@@H](CC(=O)OC(C)(C)C)C(=O)[O-]. The number of carboxylic acid groups (broad SMARTS) is 1. The maximum Gasteiger partial charge on any atom is 0.308 e. The molecule has 5 nitrogen and oxygen atoms in total. The topological polar surface area (TPSA) is 78.5 Å². The van der Waals surface area contributed by atoms with Crippen LogP contribution in [0.15, 0.2) is 0 Å². The molecule has 0 fully saturated rings. The van der Waals surface area contributed by atoms with Crippen molar-refractivity contribution < 1.29 is 19.4 Å². The molecular formula is C9H16NO4-. The quantitative estimate of drug-likeness (QED) is 0.595. The van der Waals surface area contributed by atoms with Crippen molar-refractivity contribution in [2.45, 2.75) is 38.8 Å². The van der Waals surface area contributed by atoms with E-state index in [-0.39, 0.29) is 6.42 Å². The first-order valence-corrected chi connectivity index (χ1v) is 4.36. The Hall–Kier alpha value is -1.10. The van der Waals surface area contributed by atoms with E-state index in [4.69, 9.17) is 4.74 Å². The largest absolute Gasteiger partial charge is 0.548 e. The van der Waals surface area contributed by atoms with Gasteiger partial charge in [0, 0.05) is 0 Å². The second-order valence-electron chi connectivity index (χ2n) is 3.95. The van der Waals surface area contributed by atoms with E-state index in [0.717, 1.165) is 0 Å². The Labute approximate surface area is 83.4 Å². The van der Waals surface area contributed by atoms with Gasteiger partial charge in [0.05, 0.1) is 18.4 Å². The highest BCUT2D eigenvalue weighted by Gasteiger charge is 2.19. The van der Waals surface area contributed by atoms with Crippen LogP contribution in [-0.2, 0) is 14.3 Å². The summed E-state index contributed by atoms with van der Waals surface area (Å²) in [5.74, 6) is -1.86. The minimum absolute atomic E-state index is 0.226. The highest BCUT2D eigenvalue weighted by molar-refractivity contribution is 5.80. The van der Waals surface area contributed by atoms with Crippen LogP contribution in [0.2, 0.25) is 0 Å². The van der Waals surface area contributed by atoms with Gasteiger partial charge < -0.3 is 20.0 Å². The summed E-state index contributed by atoms with van der Waals surface area (Å²) in [5.41, 5.74) is -0.596. The lowest BCUT2D eigenvalue weighted by Crippen LogP contribution is -2.45. The van der Waals surface area contributed by atoms with Crippen LogP contribution >= 0.6 is 0 Å². The van der Waals surface area contributed by atoms with Crippen molar-refractivity contribution in [2.75, 3.05) is 7.05 Å². The van der Waals surface area contributed by atoms with Gasteiger partial charge in [-0.25, -0.2) is 0 Å². The Morgan fingerprint density at radius 3 is 2.21 bits per heavy atom. The number of hydrogen-bond donors (Lipinski definition) is 1. The fourth-order valence-corrected chi connectivity index (χ4v) is 0.853.